The van der Waals surface area contributed by atoms with Gasteiger partial charge in [-0.15, -0.1) is 0 Å². The topological polar surface area (TPSA) is 29.9 Å². The number of nitrogens with one attached hydrogen (secondary N) is 1. The molecule has 1 aromatic carbocycles. The molecule has 3 heteroatoms. The number of hydrogen-bond donors (Lipinski definition) is 1. The van der Waals surface area contributed by atoms with Gasteiger partial charge in [-0.2, -0.15) is 5.10 Å². The molecule has 1 aliphatic rings. The minimum absolute atomic E-state index is 0.537. The van der Waals surface area contributed by atoms with Crippen LogP contribution in [0.2, 0.25) is 0 Å². The Hall–Kier alpha value is -1.61. The van der Waals surface area contributed by atoms with E-state index in [-0.39, 0.29) is 0 Å². The third kappa shape index (κ3) is 3.18. The molecule has 21 heavy (non-hydrogen) atoms. The molecule has 0 bridgehead atoms. The Morgan fingerprint density at radius 1 is 1.14 bits per heavy atom. The summed E-state index contributed by atoms with van der Waals surface area (Å²) in [6.45, 7) is 5.32. The lowest BCUT2D eigenvalue weighted by Gasteiger charge is -2.13. The Balaban J connectivity index is 1.55. The Morgan fingerprint density at radius 2 is 1.81 bits per heavy atom. The lowest BCUT2D eigenvalue weighted by atomic mass is 10.1. The maximum atomic E-state index is 4.72. The molecule has 3 rings (SSSR count). The van der Waals surface area contributed by atoms with E-state index in [9.17, 15) is 0 Å². The molecule has 0 aliphatic heterocycles. The highest BCUT2D eigenvalue weighted by molar-refractivity contribution is 5.33. The van der Waals surface area contributed by atoms with Crippen molar-refractivity contribution in [1.82, 2.24) is 15.1 Å². The van der Waals surface area contributed by atoms with Crippen molar-refractivity contribution in [1.29, 1.82) is 0 Å². The van der Waals surface area contributed by atoms with E-state index < -0.39 is 0 Å². The first-order valence-electron chi connectivity index (χ1n) is 8.14. The van der Waals surface area contributed by atoms with Crippen molar-refractivity contribution in [3.63, 3.8) is 0 Å². The first-order valence-corrected chi connectivity index (χ1v) is 8.14. The molecule has 1 N–H and O–H groups in total. The maximum absolute atomic E-state index is 4.72. The zero-order valence-corrected chi connectivity index (χ0v) is 13.0. The van der Waals surface area contributed by atoms with Crippen LogP contribution in [0.15, 0.2) is 36.5 Å². The lowest BCUT2D eigenvalue weighted by Crippen LogP contribution is -2.29. The van der Waals surface area contributed by atoms with Gasteiger partial charge in [0.2, 0.25) is 0 Å². The van der Waals surface area contributed by atoms with Crippen molar-refractivity contribution in [2.24, 2.45) is 0 Å². The summed E-state index contributed by atoms with van der Waals surface area (Å²) in [5.74, 6) is 0. The van der Waals surface area contributed by atoms with Gasteiger partial charge in [-0.05, 0) is 42.9 Å². The van der Waals surface area contributed by atoms with Gasteiger partial charge in [0.05, 0.1) is 11.7 Å². The van der Waals surface area contributed by atoms with Crippen LogP contribution in [0, 0.1) is 0 Å². The van der Waals surface area contributed by atoms with E-state index in [1.54, 1.807) is 0 Å². The van der Waals surface area contributed by atoms with Crippen LogP contribution < -0.4 is 5.32 Å². The van der Waals surface area contributed by atoms with Gasteiger partial charge in [-0.1, -0.05) is 38.1 Å². The number of benzene rings is 1. The second kappa shape index (κ2) is 6.44. The molecule has 112 valence electrons. The van der Waals surface area contributed by atoms with Gasteiger partial charge in [0.25, 0.3) is 0 Å². The van der Waals surface area contributed by atoms with Crippen LogP contribution >= 0.6 is 0 Å². The van der Waals surface area contributed by atoms with Crippen molar-refractivity contribution in [3.05, 3.63) is 53.3 Å². The van der Waals surface area contributed by atoms with Crippen LogP contribution in [-0.2, 0) is 19.4 Å². The van der Waals surface area contributed by atoms with Gasteiger partial charge in [-0.3, -0.25) is 4.68 Å². The maximum Gasteiger partial charge on any atom is 0.0762 e. The summed E-state index contributed by atoms with van der Waals surface area (Å²) >= 11 is 0. The van der Waals surface area contributed by atoms with Gasteiger partial charge >= 0.3 is 0 Å². The molecule has 0 radical (unpaired) electrons. The average Bonchev–Trinajstić information content (AvgIpc) is 3.12. The highest BCUT2D eigenvalue weighted by atomic mass is 15.3. The highest BCUT2D eigenvalue weighted by Gasteiger charge is 2.20. The van der Waals surface area contributed by atoms with Crippen LogP contribution in [0.1, 0.15) is 49.6 Å². The fourth-order valence-corrected chi connectivity index (χ4v) is 3.29. The minimum atomic E-state index is 0.537. The fourth-order valence-electron chi connectivity index (χ4n) is 3.29. The molecule has 0 unspecified atom stereocenters. The summed E-state index contributed by atoms with van der Waals surface area (Å²) in [5, 5.41) is 8.37. The van der Waals surface area contributed by atoms with E-state index in [1.807, 2.05) is 0 Å². The van der Waals surface area contributed by atoms with Crippen molar-refractivity contribution in [3.8, 4) is 0 Å². The number of aromatic nitrogens is 2. The SMILES string of the molecule is CCC(CC)n1ccc(CNC2Cc3ccccc3C2)n1. The summed E-state index contributed by atoms with van der Waals surface area (Å²) in [5.41, 5.74) is 4.15. The van der Waals surface area contributed by atoms with Crippen LogP contribution in [0.25, 0.3) is 0 Å². The molecule has 0 saturated carbocycles. The summed E-state index contributed by atoms with van der Waals surface area (Å²) in [6, 6.07) is 12.0. The smallest absolute Gasteiger partial charge is 0.0762 e. The van der Waals surface area contributed by atoms with E-state index in [0.29, 0.717) is 12.1 Å². The minimum Gasteiger partial charge on any atom is -0.308 e. The molecule has 0 saturated heterocycles. The number of hydrogen-bond acceptors (Lipinski definition) is 2. The van der Waals surface area contributed by atoms with Crippen LogP contribution in [0.5, 0.6) is 0 Å². The Morgan fingerprint density at radius 3 is 2.43 bits per heavy atom. The molecule has 0 atom stereocenters. The zero-order valence-electron chi connectivity index (χ0n) is 13.0. The Labute approximate surface area is 127 Å². The number of nitrogens with zero attached hydrogens (tertiary/aromatic N) is 2. The van der Waals surface area contributed by atoms with Crippen molar-refractivity contribution in [2.75, 3.05) is 0 Å². The van der Waals surface area contributed by atoms with E-state index in [2.05, 4.69) is 60.4 Å². The fraction of sp³-hybridized carbons (Fsp3) is 0.500. The van der Waals surface area contributed by atoms with Crippen molar-refractivity contribution in [2.45, 2.75) is 58.2 Å². The first-order chi connectivity index (χ1) is 10.3. The van der Waals surface area contributed by atoms with E-state index in [4.69, 9.17) is 5.10 Å². The second-order valence-corrected chi connectivity index (χ2v) is 6.01. The van der Waals surface area contributed by atoms with Crippen molar-refractivity contribution < 1.29 is 0 Å². The van der Waals surface area contributed by atoms with E-state index in [0.717, 1.165) is 37.9 Å². The normalized spacial score (nSPS) is 14.8. The molecular weight excluding hydrogens is 258 g/mol. The molecule has 1 aliphatic carbocycles. The summed E-state index contributed by atoms with van der Waals surface area (Å²) in [4.78, 5) is 0. The standard InChI is InChI=1S/C18H25N3/c1-3-18(4-2)21-10-9-16(20-21)13-19-17-11-14-7-5-6-8-15(14)12-17/h5-10,17-19H,3-4,11-13H2,1-2H3. The summed E-state index contributed by atoms with van der Waals surface area (Å²) in [6.07, 6.45) is 6.69. The molecule has 0 spiro atoms. The van der Waals surface area contributed by atoms with Crippen LogP contribution in [0.3, 0.4) is 0 Å². The largest absolute Gasteiger partial charge is 0.308 e. The van der Waals surface area contributed by atoms with E-state index >= 15 is 0 Å². The van der Waals surface area contributed by atoms with Crippen LogP contribution in [-0.4, -0.2) is 15.8 Å². The molecule has 2 aromatic rings. The number of fused-ring (bicyclic) bond motifs is 1. The van der Waals surface area contributed by atoms with Gasteiger partial charge < -0.3 is 5.32 Å². The lowest BCUT2D eigenvalue weighted by molar-refractivity contribution is 0.422. The van der Waals surface area contributed by atoms with Gasteiger partial charge in [0, 0.05) is 18.8 Å². The summed E-state index contributed by atoms with van der Waals surface area (Å²) < 4.78 is 2.13. The van der Waals surface area contributed by atoms with Gasteiger partial charge in [0.1, 0.15) is 0 Å². The molecule has 3 nitrogen and oxygen atoms in total. The Bertz CT molecular complexity index is 559. The van der Waals surface area contributed by atoms with Crippen LogP contribution in [0.4, 0.5) is 0 Å². The molecule has 0 amide bonds. The third-order valence-corrected chi connectivity index (χ3v) is 4.60. The van der Waals surface area contributed by atoms with Gasteiger partial charge in [-0.25, -0.2) is 0 Å². The molecule has 1 aromatic heterocycles. The predicted octanol–water partition coefficient (Wildman–Crippen LogP) is 3.50. The van der Waals surface area contributed by atoms with E-state index in [1.165, 1.54) is 11.1 Å². The second-order valence-electron chi connectivity index (χ2n) is 6.01. The third-order valence-electron chi connectivity index (χ3n) is 4.60. The summed E-state index contributed by atoms with van der Waals surface area (Å²) in [7, 11) is 0. The molecule has 0 fully saturated rings. The number of rotatable bonds is 6. The quantitative estimate of drug-likeness (QED) is 0.879. The first kappa shape index (κ1) is 14.3. The monoisotopic (exact) mass is 283 g/mol. The van der Waals surface area contributed by atoms with Gasteiger partial charge in [0.15, 0.2) is 0 Å². The average molecular weight is 283 g/mol. The molecule has 1 heterocycles. The molecular formula is C18H25N3. The zero-order chi connectivity index (χ0) is 14.7. The Kier molecular flexibility index (Phi) is 4.39. The predicted molar refractivity (Wildman–Crippen MR) is 86.3 cm³/mol. The van der Waals surface area contributed by atoms with Crippen molar-refractivity contribution >= 4 is 0 Å². The highest BCUT2D eigenvalue weighted by Crippen LogP contribution is 2.22.